The molecule has 1 amide bonds. The number of aromatic nitrogens is 1. The highest BCUT2D eigenvalue weighted by Gasteiger charge is 2.10. The highest BCUT2D eigenvalue weighted by atomic mass is 19.1. The summed E-state index contributed by atoms with van der Waals surface area (Å²) < 4.78 is 13.6. The van der Waals surface area contributed by atoms with E-state index in [2.05, 4.69) is 15.6 Å². The van der Waals surface area contributed by atoms with Crippen LogP contribution in [0, 0.1) is 12.7 Å². The van der Waals surface area contributed by atoms with Crippen molar-refractivity contribution in [3.05, 3.63) is 83.9 Å². The standard InChI is InChI=1S/C19H16FN3O/c1-13-5-4-6-15(9-13)22-16-10-14(11-21-12-16)19(24)23-18-8-3-2-7-17(18)20/h2-12,22H,1H3,(H,23,24). The minimum atomic E-state index is -0.479. The number of rotatable bonds is 4. The molecule has 2 N–H and O–H groups in total. The number of aryl methyl sites for hydroxylation is 1. The summed E-state index contributed by atoms with van der Waals surface area (Å²) in [6, 6.07) is 15.6. The van der Waals surface area contributed by atoms with Crippen LogP contribution in [0.3, 0.4) is 0 Å². The first-order valence-corrected chi connectivity index (χ1v) is 7.46. The van der Waals surface area contributed by atoms with E-state index in [1.54, 1.807) is 24.4 Å². The Bertz CT molecular complexity index is 880. The summed E-state index contributed by atoms with van der Waals surface area (Å²) >= 11 is 0. The Kier molecular flexibility index (Phi) is 4.52. The zero-order valence-corrected chi connectivity index (χ0v) is 13.1. The van der Waals surface area contributed by atoms with E-state index >= 15 is 0 Å². The van der Waals surface area contributed by atoms with Crippen LogP contribution in [-0.4, -0.2) is 10.9 Å². The van der Waals surface area contributed by atoms with Crippen LogP contribution in [0.2, 0.25) is 0 Å². The molecule has 0 aliphatic carbocycles. The predicted octanol–water partition coefficient (Wildman–Crippen LogP) is 4.53. The van der Waals surface area contributed by atoms with Gasteiger partial charge >= 0.3 is 0 Å². The van der Waals surface area contributed by atoms with Gasteiger partial charge in [-0.15, -0.1) is 0 Å². The van der Waals surface area contributed by atoms with Crippen LogP contribution < -0.4 is 10.6 Å². The third kappa shape index (κ3) is 3.76. The highest BCUT2D eigenvalue weighted by molar-refractivity contribution is 6.04. The number of nitrogens with zero attached hydrogens (tertiary/aromatic N) is 1. The maximum atomic E-state index is 13.6. The van der Waals surface area contributed by atoms with Crippen LogP contribution in [0.15, 0.2) is 67.0 Å². The zero-order chi connectivity index (χ0) is 16.9. The van der Waals surface area contributed by atoms with E-state index < -0.39 is 11.7 Å². The first-order valence-electron chi connectivity index (χ1n) is 7.46. The number of carbonyl (C=O) groups excluding carboxylic acids is 1. The van der Waals surface area contributed by atoms with E-state index in [-0.39, 0.29) is 5.69 Å². The molecule has 0 fully saturated rings. The van der Waals surface area contributed by atoms with Gasteiger partial charge in [-0.1, -0.05) is 24.3 Å². The van der Waals surface area contributed by atoms with Gasteiger partial charge in [0.1, 0.15) is 5.82 Å². The van der Waals surface area contributed by atoms with Gasteiger partial charge < -0.3 is 10.6 Å². The lowest BCUT2D eigenvalue weighted by Crippen LogP contribution is -2.13. The fourth-order valence-corrected chi connectivity index (χ4v) is 2.28. The lowest BCUT2D eigenvalue weighted by molar-refractivity contribution is 0.102. The minimum Gasteiger partial charge on any atom is -0.354 e. The lowest BCUT2D eigenvalue weighted by Gasteiger charge is -2.09. The number of para-hydroxylation sites is 1. The van der Waals surface area contributed by atoms with Crippen LogP contribution in [0.4, 0.5) is 21.5 Å². The van der Waals surface area contributed by atoms with Crippen molar-refractivity contribution < 1.29 is 9.18 Å². The van der Waals surface area contributed by atoms with Gasteiger partial charge in [0.2, 0.25) is 0 Å². The van der Waals surface area contributed by atoms with Crippen molar-refractivity contribution >= 4 is 23.0 Å². The number of halogens is 1. The van der Waals surface area contributed by atoms with E-state index in [1.165, 1.54) is 18.3 Å². The number of hydrogen-bond donors (Lipinski definition) is 2. The molecule has 4 nitrogen and oxygen atoms in total. The summed E-state index contributed by atoms with van der Waals surface area (Å²) in [5.41, 5.74) is 3.20. The Morgan fingerprint density at radius 2 is 1.83 bits per heavy atom. The average molecular weight is 321 g/mol. The molecule has 0 saturated heterocycles. The van der Waals surface area contributed by atoms with Gasteiger partial charge in [0.25, 0.3) is 5.91 Å². The average Bonchev–Trinajstić information content (AvgIpc) is 2.57. The summed E-state index contributed by atoms with van der Waals surface area (Å²) in [7, 11) is 0. The molecule has 0 spiro atoms. The first-order chi connectivity index (χ1) is 11.6. The normalized spacial score (nSPS) is 10.2. The van der Waals surface area contributed by atoms with Gasteiger partial charge in [0.15, 0.2) is 0 Å². The molecule has 0 aliphatic heterocycles. The quantitative estimate of drug-likeness (QED) is 0.742. The number of amides is 1. The summed E-state index contributed by atoms with van der Waals surface area (Å²) in [6.45, 7) is 2.00. The zero-order valence-electron chi connectivity index (χ0n) is 13.1. The van der Waals surface area contributed by atoms with E-state index in [9.17, 15) is 9.18 Å². The van der Waals surface area contributed by atoms with Gasteiger partial charge in [-0.05, 0) is 42.8 Å². The molecule has 2 aromatic carbocycles. The largest absolute Gasteiger partial charge is 0.354 e. The van der Waals surface area contributed by atoms with E-state index in [0.717, 1.165) is 11.3 Å². The molecule has 0 unspecified atom stereocenters. The Morgan fingerprint density at radius 3 is 2.62 bits per heavy atom. The smallest absolute Gasteiger partial charge is 0.257 e. The molecule has 3 aromatic rings. The lowest BCUT2D eigenvalue weighted by atomic mass is 10.2. The van der Waals surface area contributed by atoms with Gasteiger partial charge in [-0.25, -0.2) is 4.39 Å². The molecule has 5 heteroatoms. The second kappa shape index (κ2) is 6.91. The van der Waals surface area contributed by atoms with Crippen molar-refractivity contribution in [1.29, 1.82) is 0 Å². The topological polar surface area (TPSA) is 54.0 Å². The van der Waals surface area contributed by atoms with Gasteiger partial charge in [0, 0.05) is 11.9 Å². The maximum Gasteiger partial charge on any atom is 0.257 e. The fraction of sp³-hybridized carbons (Fsp3) is 0.0526. The van der Waals surface area contributed by atoms with Crippen molar-refractivity contribution in [2.75, 3.05) is 10.6 Å². The third-order valence-corrected chi connectivity index (χ3v) is 3.43. The van der Waals surface area contributed by atoms with Crippen LogP contribution in [0.25, 0.3) is 0 Å². The monoisotopic (exact) mass is 321 g/mol. The van der Waals surface area contributed by atoms with Crippen LogP contribution in [0.5, 0.6) is 0 Å². The van der Waals surface area contributed by atoms with Crippen LogP contribution >= 0.6 is 0 Å². The molecule has 0 atom stereocenters. The molecule has 0 saturated carbocycles. The Labute approximate surface area is 139 Å². The molecular weight excluding hydrogens is 305 g/mol. The number of pyridine rings is 1. The third-order valence-electron chi connectivity index (χ3n) is 3.43. The van der Waals surface area contributed by atoms with Crippen molar-refractivity contribution in [2.45, 2.75) is 6.92 Å². The van der Waals surface area contributed by atoms with E-state index in [0.29, 0.717) is 11.3 Å². The van der Waals surface area contributed by atoms with Crippen LogP contribution in [0.1, 0.15) is 15.9 Å². The summed E-state index contributed by atoms with van der Waals surface area (Å²) in [5.74, 6) is -0.895. The van der Waals surface area contributed by atoms with Crippen molar-refractivity contribution in [2.24, 2.45) is 0 Å². The fourth-order valence-electron chi connectivity index (χ4n) is 2.28. The molecule has 0 bridgehead atoms. The van der Waals surface area contributed by atoms with E-state index in [4.69, 9.17) is 0 Å². The SMILES string of the molecule is Cc1cccc(Nc2cncc(C(=O)Nc3ccccc3F)c2)c1. The molecule has 120 valence electrons. The number of anilines is 3. The summed E-state index contributed by atoms with van der Waals surface area (Å²) in [6.07, 6.45) is 3.07. The Balaban J connectivity index is 1.77. The predicted molar refractivity (Wildman–Crippen MR) is 93.1 cm³/mol. The van der Waals surface area contributed by atoms with Crippen molar-refractivity contribution in [1.82, 2.24) is 4.98 Å². The molecule has 1 aromatic heterocycles. The second-order valence-electron chi connectivity index (χ2n) is 5.39. The Morgan fingerprint density at radius 1 is 1.00 bits per heavy atom. The summed E-state index contributed by atoms with van der Waals surface area (Å²) in [4.78, 5) is 16.4. The van der Waals surface area contributed by atoms with Crippen molar-refractivity contribution in [3.63, 3.8) is 0 Å². The Hall–Kier alpha value is -3.21. The number of hydrogen-bond acceptors (Lipinski definition) is 3. The van der Waals surface area contributed by atoms with Crippen LogP contribution in [-0.2, 0) is 0 Å². The van der Waals surface area contributed by atoms with E-state index in [1.807, 2.05) is 31.2 Å². The maximum absolute atomic E-state index is 13.6. The molecule has 24 heavy (non-hydrogen) atoms. The van der Waals surface area contributed by atoms with Gasteiger partial charge in [0.05, 0.1) is 23.1 Å². The summed E-state index contributed by atoms with van der Waals surface area (Å²) in [5, 5.41) is 5.74. The van der Waals surface area contributed by atoms with Crippen molar-refractivity contribution in [3.8, 4) is 0 Å². The highest BCUT2D eigenvalue weighted by Crippen LogP contribution is 2.19. The van der Waals surface area contributed by atoms with Gasteiger partial charge in [-0.3, -0.25) is 9.78 Å². The minimum absolute atomic E-state index is 0.138. The molecule has 3 rings (SSSR count). The van der Waals surface area contributed by atoms with Gasteiger partial charge in [-0.2, -0.15) is 0 Å². The number of nitrogens with one attached hydrogen (secondary N) is 2. The molecule has 0 radical (unpaired) electrons. The second-order valence-corrected chi connectivity index (χ2v) is 5.39. The number of carbonyl (C=O) groups is 1. The number of benzene rings is 2. The molecule has 1 heterocycles. The first kappa shape index (κ1) is 15.7. The molecular formula is C19H16FN3O. The molecule has 0 aliphatic rings.